The Morgan fingerprint density at radius 2 is 2.29 bits per heavy atom. The zero-order chi connectivity index (χ0) is 12.8. The summed E-state index contributed by atoms with van der Waals surface area (Å²) in [6, 6.07) is 1.72. The van der Waals surface area contributed by atoms with Gasteiger partial charge < -0.3 is 11.1 Å². The van der Waals surface area contributed by atoms with E-state index in [1.54, 1.807) is 6.07 Å². The largest absolute Gasteiger partial charge is 0.396 e. The highest BCUT2D eigenvalue weighted by molar-refractivity contribution is 7.85. The van der Waals surface area contributed by atoms with E-state index in [0.717, 1.165) is 0 Å². The lowest BCUT2D eigenvalue weighted by molar-refractivity contribution is -0.121. The fourth-order valence-corrected chi connectivity index (χ4v) is 2.41. The molecule has 1 aromatic rings. The monoisotopic (exact) mass is 255 g/mol. The molecule has 5 nitrogen and oxygen atoms in total. The number of nitrogens with zero attached hydrogens (tertiary/aromatic N) is 1. The average molecular weight is 255 g/mol. The first kappa shape index (κ1) is 13.6. The standard InChI is InChI=1S/C11H17N3O2S/c1-8(2)14-11(15)4-6-17(16)10-3-5-13-7-9(10)12/h3,5,7-8H,4,6,12H2,1-2H3,(H,14,15). The van der Waals surface area contributed by atoms with Crippen LogP contribution in [-0.4, -0.2) is 26.9 Å². The van der Waals surface area contributed by atoms with Crippen LogP contribution in [0.4, 0.5) is 5.69 Å². The molecule has 0 fully saturated rings. The van der Waals surface area contributed by atoms with Crippen molar-refractivity contribution in [2.45, 2.75) is 31.2 Å². The number of nitrogens with two attached hydrogens (primary N) is 1. The van der Waals surface area contributed by atoms with Crippen molar-refractivity contribution in [3.05, 3.63) is 18.5 Å². The van der Waals surface area contributed by atoms with Gasteiger partial charge in [0.25, 0.3) is 0 Å². The van der Waals surface area contributed by atoms with E-state index in [4.69, 9.17) is 5.73 Å². The molecule has 94 valence electrons. The molecule has 3 N–H and O–H groups in total. The van der Waals surface area contributed by atoms with Crippen LogP contribution in [0.5, 0.6) is 0 Å². The van der Waals surface area contributed by atoms with E-state index in [0.29, 0.717) is 10.6 Å². The fourth-order valence-electron chi connectivity index (χ4n) is 1.29. The van der Waals surface area contributed by atoms with Crippen LogP contribution in [0, 0.1) is 0 Å². The normalized spacial score (nSPS) is 12.4. The number of rotatable bonds is 5. The quantitative estimate of drug-likeness (QED) is 0.810. The van der Waals surface area contributed by atoms with Crippen LogP contribution in [-0.2, 0) is 15.6 Å². The molecule has 0 radical (unpaired) electrons. The van der Waals surface area contributed by atoms with Gasteiger partial charge in [-0.3, -0.25) is 14.0 Å². The minimum Gasteiger partial charge on any atom is -0.396 e. The Kier molecular flexibility index (Phi) is 5.09. The summed E-state index contributed by atoms with van der Waals surface area (Å²) in [5, 5.41) is 2.75. The van der Waals surface area contributed by atoms with Crippen LogP contribution in [0.15, 0.2) is 23.4 Å². The van der Waals surface area contributed by atoms with Gasteiger partial charge in [-0.05, 0) is 19.9 Å². The number of carbonyl (C=O) groups is 1. The Morgan fingerprint density at radius 3 is 2.88 bits per heavy atom. The highest BCUT2D eigenvalue weighted by Gasteiger charge is 2.10. The minimum atomic E-state index is -1.26. The molecule has 0 aromatic carbocycles. The molecule has 6 heteroatoms. The summed E-state index contributed by atoms with van der Waals surface area (Å²) in [5.74, 6) is 0.174. The zero-order valence-corrected chi connectivity index (χ0v) is 10.8. The summed E-state index contributed by atoms with van der Waals surface area (Å²) >= 11 is 0. The molecular weight excluding hydrogens is 238 g/mol. The van der Waals surface area contributed by atoms with Gasteiger partial charge in [0, 0.05) is 24.4 Å². The molecule has 0 bridgehead atoms. The number of pyridine rings is 1. The second kappa shape index (κ2) is 6.34. The van der Waals surface area contributed by atoms with Crippen LogP contribution in [0.1, 0.15) is 20.3 Å². The second-order valence-electron chi connectivity index (χ2n) is 3.94. The van der Waals surface area contributed by atoms with Gasteiger partial charge in [0.15, 0.2) is 0 Å². The molecule has 1 rings (SSSR count). The van der Waals surface area contributed by atoms with Gasteiger partial charge in [-0.25, -0.2) is 0 Å². The van der Waals surface area contributed by atoms with E-state index in [2.05, 4.69) is 10.3 Å². The Bertz CT molecular complexity index is 421. The summed E-state index contributed by atoms with van der Waals surface area (Å²) < 4.78 is 11.9. The maximum Gasteiger partial charge on any atom is 0.221 e. The summed E-state index contributed by atoms with van der Waals surface area (Å²) in [5.41, 5.74) is 6.05. The fraction of sp³-hybridized carbons (Fsp3) is 0.455. The van der Waals surface area contributed by atoms with E-state index in [1.807, 2.05) is 13.8 Å². The summed E-state index contributed by atoms with van der Waals surface area (Å²) in [4.78, 5) is 15.7. The highest BCUT2D eigenvalue weighted by atomic mass is 32.2. The molecule has 0 spiro atoms. The van der Waals surface area contributed by atoms with E-state index >= 15 is 0 Å². The van der Waals surface area contributed by atoms with Crippen LogP contribution < -0.4 is 11.1 Å². The van der Waals surface area contributed by atoms with Crippen molar-refractivity contribution in [2.24, 2.45) is 0 Å². The van der Waals surface area contributed by atoms with Crippen LogP contribution in [0.3, 0.4) is 0 Å². The van der Waals surface area contributed by atoms with Gasteiger partial charge in [0.1, 0.15) is 0 Å². The molecule has 1 amide bonds. The number of hydrogen-bond donors (Lipinski definition) is 2. The van der Waals surface area contributed by atoms with Crippen molar-refractivity contribution < 1.29 is 9.00 Å². The smallest absolute Gasteiger partial charge is 0.221 e. The lowest BCUT2D eigenvalue weighted by Crippen LogP contribution is -2.30. The first-order chi connectivity index (χ1) is 8.00. The first-order valence-corrected chi connectivity index (χ1v) is 6.70. The molecule has 0 aliphatic carbocycles. The van der Waals surface area contributed by atoms with Crippen LogP contribution in [0.2, 0.25) is 0 Å². The molecule has 0 saturated heterocycles. The van der Waals surface area contributed by atoms with Gasteiger partial charge in [-0.15, -0.1) is 0 Å². The van der Waals surface area contributed by atoms with E-state index in [1.165, 1.54) is 12.4 Å². The number of amides is 1. The Balaban J connectivity index is 2.51. The van der Waals surface area contributed by atoms with Crippen molar-refractivity contribution in [3.63, 3.8) is 0 Å². The number of anilines is 1. The van der Waals surface area contributed by atoms with Crippen LogP contribution >= 0.6 is 0 Å². The maximum absolute atomic E-state index is 11.9. The SMILES string of the molecule is CC(C)NC(=O)CCS(=O)c1ccncc1N. The predicted molar refractivity (Wildman–Crippen MR) is 67.8 cm³/mol. The first-order valence-electron chi connectivity index (χ1n) is 5.38. The molecule has 1 heterocycles. The zero-order valence-electron chi connectivity index (χ0n) is 9.97. The predicted octanol–water partition coefficient (Wildman–Crippen LogP) is 0.686. The lowest BCUT2D eigenvalue weighted by atomic mass is 10.3. The highest BCUT2D eigenvalue weighted by Crippen LogP contribution is 2.14. The van der Waals surface area contributed by atoms with Crippen molar-refractivity contribution >= 4 is 22.4 Å². The van der Waals surface area contributed by atoms with Crippen molar-refractivity contribution in [2.75, 3.05) is 11.5 Å². The number of aromatic nitrogens is 1. The third-order valence-corrected chi connectivity index (χ3v) is 3.46. The molecule has 17 heavy (non-hydrogen) atoms. The topological polar surface area (TPSA) is 85.1 Å². The minimum absolute atomic E-state index is 0.0963. The number of nitrogens with one attached hydrogen (secondary N) is 1. The Labute approximate surface area is 103 Å². The van der Waals surface area contributed by atoms with Crippen molar-refractivity contribution in [1.82, 2.24) is 10.3 Å². The van der Waals surface area contributed by atoms with Gasteiger partial charge in [0.05, 0.1) is 27.6 Å². The third-order valence-electron chi connectivity index (χ3n) is 2.02. The number of hydrogen-bond acceptors (Lipinski definition) is 4. The lowest BCUT2D eigenvalue weighted by Gasteiger charge is -2.08. The molecule has 1 atom stereocenters. The molecule has 0 saturated carbocycles. The maximum atomic E-state index is 11.9. The van der Waals surface area contributed by atoms with Gasteiger partial charge >= 0.3 is 0 Å². The molecular formula is C11H17N3O2S. The second-order valence-corrected chi connectivity index (χ2v) is 5.47. The number of nitrogen functional groups attached to an aromatic ring is 1. The van der Waals surface area contributed by atoms with Crippen LogP contribution in [0.25, 0.3) is 0 Å². The van der Waals surface area contributed by atoms with Gasteiger partial charge in [0.2, 0.25) is 5.91 Å². The third kappa shape index (κ3) is 4.52. The summed E-state index contributed by atoms with van der Waals surface area (Å²) in [6.45, 7) is 3.77. The summed E-state index contributed by atoms with van der Waals surface area (Å²) in [6.07, 6.45) is 3.23. The van der Waals surface area contributed by atoms with Gasteiger partial charge in [-0.2, -0.15) is 0 Å². The van der Waals surface area contributed by atoms with E-state index in [-0.39, 0.29) is 24.1 Å². The molecule has 1 aromatic heterocycles. The summed E-state index contributed by atoms with van der Waals surface area (Å²) in [7, 11) is -1.26. The average Bonchev–Trinajstić information content (AvgIpc) is 2.25. The van der Waals surface area contributed by atoms with Crippen molar-refractivity contribution in [3.8, 4) is 0 Å². The molecule has 0 aliphatic heterocycles. The number of carbonyl (C=O) groups excluding carboxylic acids is 1. The Morgan fingerprint density at radius 1 is 1.59 bits per heavy atom. The van der Waals surface area contributed by atoms with E-state index in [9.17, 15) is 9.00 Å². The molecule has 0 aliphatic rings. The van der Waals surface area contributed by atoms with Gasteiger partial charge in [-0.1, -0.05) is 0 Å². The molecule has 1 unspecified atom stereocenters. The Hall–Kier alpha value is -1.43. The van der Waals surface area contributed by atoms with E-state index < -0.39 is 10.8 Å². The van der Waals surface area contributed by atoms with Crippen molar-refractivity contribution in [1.29, 1.82) is 0 Å².